The maximum Gasteiger partial charge on any atom is 0.416 e. The number of hydrogen-bond donors (Lipinski definition) is 0. The first-order valence-corrected chi connectivity index (χ1v) is 11.1. The Morgan fingerprint density at radius 1 is 1.09 bits per heavy atom. The predicted molar refractivity (Wildman–Crippen MR) is 125 cm³/mol. The van der Waals surface area contributed by atoms with Crippen LogP contribution in [0.2, 0.25) is 0 Å². The summed E-state index contributed by atoms with van der Waals surface area (Å²) >= 11 is 0. The first kappa shape index (κ1) is 23.9. The lowest BCUT2D eigenvalue weighted by molar-refractivity contribution is -0.137. The van der Waals surface area contributed by atoms with Crippen molar-refractivity contribution in [3.05, 3.63) is 88.5 Å². The highest BCUT2D eigenvalue weighted by Gasteiger charge is 2.31. The molecule has 2 aromatic carbocycles. The van der Waals surface area contributed by atoms with Crippen molar-refractivity contribution in [1.29, 1.82) is 0 Å². The molecule has 0 saturated heterocycles. The summed E-state index contributed by atoms with van der Waals surface area (Å²) in [6.45, 7) is 3.92. The van der Waals surface area contributed by atoms with Crippen LogP contribution in [0.4, 0.5) is 18.9 Å². The average Bonchev–Trinajstić information content (AvgIpc) is 2.78. The number of alkyl halides is 3. The van der Waals surface area contributed by atoms with Gasteiger partial charge in [0.15, 0.2) is 5.78 Å². The summed E-state index contributed by atoms with van der Waals surface area (Å²) in [6, 6.07) is 9.54. The van der Waals surface area contributed by atoms with Crippen molar-refractivity contribution in [3.63, 3.8) is 0 Å². The van der Waals surface area contributed by atoms with E-state index in [1.165, 1.54) is 11.9 Å². The molecule has 0 bridgehead atoms. The molecule has 3 aromatic rings. The van der Waals surface area contributed by atoms with Crippen molar-refractivity contribution in [2.75, 3.05) is 25.5 Å². The number of nitrogens with zero attached hydrogens (tertiary/aromatic N) is 4. The molecule has 5 nitrogen and oxygen atoms in total. The van der Waals surface area contributed by atoms with E-state index in [0.29, 0.717) is 29.8 Å². The summed E-state index contributed by atoms with van der Waals surface area (Å²) in [5.41, 5.74) is 3.80. The SMILES string of the molecule is CC1CN(c2cncnc2)Cc2cc(C(=O)Cc3cc(CN(C)C)cc(C(F)(F)F)c3)ccc21. The number of Topliss-reactive ketones (excluding diaryl/α,β-unsaturated/α-hetero) is 1. The summed E-state index contributed by atoms with van der Waals surface area (Å²) in [6.07, 6.45) is 0.457. The van der Waals surface area contributed by atoms with E-state index >= 15 is 0 Å². The topological polar surface area (TPSA) is 49.3 Å². The van der Waals surface area contributed by atoms with Crippen LogP contribution in [-0.2, 0) is 25.7 Å². The number of aromatic nitrogens is 2. The van der Waals surface area contributed by atoms with E-state index in [2.05, 4.69) is 21.8 Å². The van der Waals surface area contributed by atoms with E-state index in [1.807, 2.05) is 12.1 Å². The minimum absolute atomic E-state index is 0.0884. The van der Waals surface area contributed by atoms with E-state index in [-0.39, 0.29) is 18.1 Å². The molecule has 1 aliphatic heterocycles. The van der Waals surface area contributed by atoms with Crippen LogP contribution in [0.15, 0.2) is 55.1 Å². The van der Waals surface area contributed by atoms with Crippen LogP contribution in [-0.4, -0.2) is 41.3 Å². The predicted octanol–water partition coefficient (Wildman–Crippen LogP) is 5.11. The van der Waals surface area contributed by atoms with Crippen LogP contribution in [0.25, 0.3) is 0 Å². The lowest BCUT2D eigenvalue weighted by atomic mass is 9.88. The van der Waals surface area contributed by atoms with Gasteiger partial charge >= 0.3 is 6.18 Å². The van der Waals surface area contributed by atoms with Crippen molar-refractivity contribution < 1.29 is 18.0 Å². The van der Waals surface area contributed by atoms with E-state index in [9.17, 15) is 18.0 Å². The third-order valence-corrected chi connectivity index (χ3v) is 6.01. The Morgan fingerprint density at radius 2 is 1.79 bits per heavy atom. The summed E-state index contributed by atoms with van der Waals surface area (Å²) in [5, 5.41) is 0. The third-order valence-electron chi connectivity index (χ3n) is 6.01. The van der Waals surface area contributed by atoms with Gasteiger partial charge in [-0.25, -0.2) is 9.97 Å². The molecule has 1 aromatic heterocycles. The van der Waals surface area contributed by atoms with Crippen LogP contribution in [0.5, 0.6) is 0 Å². The molecule has 0 fully saturated rings. The molecule has 34 heavy (non-hydrogen) atoms. The summed E-state index contributed by atoms with van der Waals surface area (Å²) in [7, 11) is 3.59. The van der Waals surface area contributed by atoms with E-state index in [0.717, 1.165) is 29.9 Å². The van der Waals surface area contributed by atoms with Gasteiger partial charge in [0.2, 0.25) is 0 Å². The quantitative estimate of drug-likeness (QED) is 0.471. The number of anilines is 1. The average molecular weight is 469 g/mol. The Labute approximate surface area is 197 Å². The van der Waals surface area contributed by atoms with Gasteiger partial charge in [-0.1, -0.05) is 25.1 Å². The van der Waals surface area contributed by atoms with Crippen LogP contribution in [0, 0.1) is 0 Å². The first-order valence-electron chi connectivity index (χ1n) is 11.1. The van der Waals surface area contributed by atoms with Gasteiger partial charge in [-0.15, -0.1) is 0 Å². The van der Waals surface area contributed by atoms with Gasteiger partial charge in [-0.05, 0) is 60.5 Å². The third kappa shape index (κ3) is 5.44. The molecule has 4 rings (SSSR count). The monoisotopic (exact) mass is 468 g/mol. The Kier molecular flexibility index (Phi) is 6.70. The normalized spacial score (nSPS) is 16.0. The Hall–Kier alpha value is -3.26. The van der Waals surface area contributed by atoms with Gasteiger partial charge in [-0.2, -0.15) is 13.2 Å². The molecule has 1 atom stereocenters. The summed E-state index contributed by atoms with van der Waals surface area (Å²) in [4.78, 5) is 25.3. The number of halogens is 3. The molecule has 0 amide bonds. The van der Waals surface area contributed by atoms with Crippen LogP contribution in [0.1, 0.15) is 51.0 Å². The molecule has 0 aliphatic carbocycles. The van der Waals surface area contributed by atoms with Gasteiger partial charge in [0.05, 0.1) is 23.6 Å². The number of carbonyl (C=O) groups excluding carboxylic acids is 1. The highest BCUT2D eigenvalue weighted by molar-refractivity contribution is 5.97. The van der Waals surface area contributed by atoms with Gasteiger partial charge in [-0.3, -0.25) is 4.79 Å². The van der Waals surface area contributed by atoms with E-state index in [1.54, 1.807) is 43.5 Å². The molecular weight excluding hydrogens is 441 g/mol. The minimum atomic E-state index is -4.47. The Bertz CT molecular complexity index is 1180. The molecule has 8 heteroatoms. The molecular formula is C26H27F3N4O. The largest absolute Gasteiger partial charge is 0.416 e. The fourth-order valence-electron chi connectivity index (χ4n) is 4.52. The van der Waals surface area contributed by atoms with Crippen molar-refractivity contribution >= 4 is 11.5 Å². The van der Waals surface area contributed by atoms with Crippen molar-refractivity contribution in [2.45, 2.75) is 38.5 Å². The molecule has 0 radical (unpaired) electrons. The van der Waals surface area contributed by atoms with Crippen molar-refractivity contribution in [2.24, 2.45) is 0 Å². The lowest BCUT2D eigenvalue weighted by Gasteiger charge is -2.34. The fourth-order valence-corrected chi connectivity index (χ4v) is 4.52. The zero-order chi connectivity index (χ0) is 24.5. The smallest absolute Gasteiger partial charge is 0.364 e. The number of fused-ring (bicyclic) bond motifs is 1. The molecule has 178 valence electrons. The molecule has 2 heterocycles. The van der Waals surface area contributed by atoms with Gasteiger partial charge in [0.25, 0.3) is 0 Å². The summed E-state index contributed by atoms with van der Waals surface area (Å²) < 4.78 is 40.3. The molecule has 1 unspecified atom stereocenters. The van der Waals surface area contributed by atoms with Crippen molar-refractivity contribution in [1.82, 2.24) is 14.9 Å². The van der Waals surface area contributed by atoms with Crippen LogP contribution < -0.4 is 4.90 Å². The number of hydrogen-bond acceptors (Lipinski definition) is 5. The van der Waals surface area contributed by atoms with Crippen LogP contribution >= 0.6 is 0 Å². The van der Waals surface area contributed by atoms with Crippen molar-refractivity contribution in [3.8, 4) is 0 Å². The highest BCUT2D eigenvalue weighted by Crippen LogP contribution is 2.33. The first-order chi connectivity index (χ1) is 16.1. The second-order valence-corrected chi connectivity index (χ2v) is 9.17. The van der Waals surface area contributed by atoms with Crippen LogP contribution in [0.3, 0.4) is 0 Å². The van der Waals surface area contributed by atoms with Gasteiger partial charge in [0, 0.05) is 31.6 Å². The van der Waals surface area contributed by atoms with E-state index < -0.39 is 11.7 Å². The molecule has 1 aliphatic rings. The Morgan fingerprint density at radius 3 is 2.47 bits per heavy atom. The fraction of sp³-hybridized carbons (Fsp3) is 0.346. The van der Waals surface area contributed by atoms with Gasteiger partial charge in [0.1, 0.15) is 6.33 Å². The lowest BCUT2D eigenvalue weighted by Crippen LogP contribution is -2.33. The molecule has 0 N–H and O–H groups in total. The second-order valence-electron chi connectivity index (χ2n) is 9.17. The number of ketones is 1. The number of carbonyl (C=O) groups is 1. The molecule has 0 spiro atoms. The number of rotatable bonds is 6. The zero-order valence-corrected chi connectivity index (χ0v) is 19.4. The maximum atomic E-state index is 13.4. The number of benzene rings is 2. The standard InChI is InChI=1S/C26H27F3N4O/c1-17-13-33(23-11-30-16-31-12-23)15-21-10-20(4-5-24(17)21)25(34)9-18-6-19(14-32(2)3)8-22(7-18)26(27,28)29/h4-8,10-12,16-17H,9,13-15H2,1-3H3. The maximum absolute atomic E-state index is 13.4. The minimum Gasteiger partial charge on any atom is -0.364 e. The second kappa shape index (κ2) is 9.54. The molecule has 0 saturated carbocycles. The summed E-state index contributed by atoms with van der Waals surface area (Å²) in [5.74, 6) is 0.0518. The highest BCUT2D eigenvalue weighted by atomic mass is 19.4. The van der Waals surface area contributed by atoms with E-state index in [4.69, 9.17) is 0 Å². The zero-order valence-electron chi connectivity index (χ0n) is 19.4. The Balaban J connectivity index is 1.59. The van der Waals surface area contributed by atoms with Gasteiger partial charge < -0.3 is 9.80 Å².